The van der Waals surface area contributed by atoms with Crippen LogP contribution in [0.25, 0.3) is 0 Å². The third-order valence-corrected chi connectivity index (χ3v) is 5.99. The van der Waals surface area contributed by atoms with Crippen LogP contribution in [0, 0.1) is 11.3 Å². The van der Waals surface area contributed by atoms with Crippen molar-refractivity contribution in [1.82, 2.24) is 9.88 Å². The lowest BCUT2D eigenvalue weighted by Gasteiger charge is -2.42. The molecule has 0 bridgehead atoms. The summed E-state index contributed by atoms with van der Waals surface area (Å²) in [6.45, 7) is 2.31. The van der Waals surface area contributed by atoms with E-state index in [0.717, 1.165) is 34.3 Å². The van der Waals surface area contributed by atoms with Crippen molar-refractivity contribution >= 4 is 23.5 Å². The molecule has 194 valence electrons. The van der Waals surface area contributed by atoms with Crippen LogP contribution in [-0.2, 0) is 17.5 Å². The number of nitriles is 1. The molecule has 0 fully saturated rings. The summed E-state index contributed by atoms with van der Waals surface area (Å²) in [6.07, 6.45) is -3.79. The minimum absolute atomic E-state index is 0.108. The fourth-order valence-electron chi connectivity index (χ4n) is 4.30. The van der Waals surface area contributed by atoms with Gasteiger partial charge in [-0.3, -0.25) is 9.69 Å². The molecule has 1 aromatic heterocycles. The summed E-state index contributed by atoms with van der Waals surface area (Å²) < 4.78 is 45.5. The number of carboxylic acid groups (broad SMARTS) is 1. The summed E-state index contributed by atoms with van der Waals surface area (Å²) in [4.78, 5) is 44.1. The van der Waals surface area contributed by atoms with E-state index in [1.165, 1.54) is 32.0 Å². The number of carbonyl (C=O) groups excluding carboxylic acids is 2. The number of benzene rings is 2. The Hall–Kier alpha value is -4.92. The van der Waals surface area contributed by atoms with Crippen LogP contribution in [0.3, 0.4) is 0 Å². The van der Waals surface area contributed by atoms with E-state index >= 15 is 0 Å². The van der Waals surface area contributed by atoms with E-state index in [2.05, 4.69) is 4.98 Å². The lowest BCUT2D eigenvalue weighted by Crippen LogP contribution is -2.50. The number of carbonyl (C=O) groups is 3. The lowest BCUT2D eigenvalue weighted by molar-refractivity contribution is -0.137. The van der Waals surface area contributed by atoms with E-state index in [-0.39, 0.29) is 22.8 Å². The first-order valence-electron chi connectivity index (χ1n) is 11.1. The van der Waals surface area contributed by atoms with E-state index in [9.17, 15) is 32.7 Å². The average Bonchev–Trinajstić information content (AvgIpc) is 3.34. The number of urea groups is 1. The zero-order valence-corrected chi connectivity index (χ0v) is 20.0. The number of ketones is 1. The molecule has 1 aliphatic rings. The second-order valence-corrected chi connectivity index (χ2v) is 8.42. The van der Waals surface area contributed by atoms with Crippen LogP contribution in [0.15, 0.2) is 70.5 Å². The normalized spacial score (nSPS) is 16.0. The molecule has 0 radical (unpaired) electrons. The highest BCUT2D eigenvalue weighted by Gasteiger charge is 2.42. The fraction of sp³-hybridized carbons (Fsp3) is 0.192. The fourth-order valence-corrected chi connectivity index (χ4v) is 4.30. The van der Waals surface area contributed by atoms with Crippen LogP contribution in [0.4, 0.5) is 23.7 Å². The van der Waals surface area contributed by atoms with Crippen LogP contribution < -0.4 is 4.90 Å². The molecule has 1 N–H and O–H groups in total. The first-order chi connectivity index (χ1) is 17.9. The number of amides is 2. The maximum absolute atomic E-state index is 13.9. The number of hydrogen-bond acceptors (Lipinski definition) is 6. The molecule has 4 rings (SSSR count). The van der Waals surface area contributed by atoms with E-state index in [0.29, 0.717) is 11.1 Å². The summed E-state index contributed by atoms with van der Waals surface area (Å²) in [7, 11) is 0. The molecule has 0 spiro atoms. The number of halogens is 3. The highest BCUT2D eigenvalue weighted by Crippen LogP contribution is 2.41. The minimum atomic E-state index is -4.67. The predicted octanol–water partition coefficient (Wildman–Crippen LogP) is 5.31. The number of carboxylic acids is 1. The Morgan fingerprint density at radius 2 is 1.87 bits per heavy atom. The SMILES string of the molecule is CC(=O)C1=C(C)N(c2cccc(C(F)(F)F)c2)C(=O)N(Cc2nc(C(=O)O)co2)C1c1ccc(C#N)cc1. The molecule has 1 unspecified atom stereocenters. The van der Waals surface area contributed by atoms with Crippen LogP contribution in [0.2, 0.25) is 0 Å². The third kappa shape index (κ3) is 4.86. The van der Waals surface area contributed by atoms with Crippen molar-refractivity contribution in [2.24, 2.45) is 0 Å². The number of rotatable bonds is 6. The number of anilines is 1. The zero-order chi connectivity index (χ0) is 27.8. The van der Waals surface area contributed by atoms with Gasteiger partial charge in [-0.25, -0.2) is 14.6 Å². The standard InChI is InChI=1S/C26H19F3N4O5/c1-14-22(15(2)34)23(17-8-6-16(11-30)7-9-17)32(12-21-31-20(13-38-21)24(35)36)25(37)33(14)19-5-3-4-18(10-19)26(27,28)29/h3-10,13,23H,12H2,1-2H3,(H,35,36). The molecule has 38 heavy (non-hydrogen) atoms. The van der Waals surface area contributed by atoms with Crippen molar-refractivity contribution in [2.45, 2.75) is 32.6 Å². The van der Waals surface area contributed by atoms with Gasteiger partial charge in [0.1, 0.15) is 6.26 Å². The minimum Gasteiger partial charge on any atom is -0.476 e. The quantitative estimate of drug-likeness (QED) is 0.463. The molecule has 3 aromatic rings. The Morgan fingerprint density at radius 3 is 2.42 bits per heavy atom. The summed E-state index contributed by atoms with van der Waals surface area (Å²) in [5.41, 5.74) is -0.523. The van der Waals surface area contributed by atoms with Gasteiger partial charge in [0.2, 0.25) is 5.89 Å². The van der Waals surface area contributed by atoms with Crippen molar-refractivity contribution in [3.63, 3.8) is 0 Å². The Morgan fingerprint density at radius 1 is 1.18 bits per heavy atom. The molecular weight excluding hydrogens is 505 g/mol. The zero-order valence-electron chi connectivity index (χ0n) is 20.0. The van der Waals surface area contributed by atoms with Crippen LogP contribution in [-0.4, -0.2) is 32.8 Å². The molecule has 1 atom stereocenters. The molecule has 2 amide bonds. The number of aromatic nitrogens is 1. The Kier molecular flexibility index (Phi) is 6.78. The number of hydrogen-bond donors (Lipinski definition) is 1. The second-order valence-electron chi connectivity index (χ2n) is 8.42. The summed E-state index contributed by atoms with van der Waals surface area (Å²) in [5.74, 6) is -1.98. The molecule has 9 nitrogen and oxygen atoms in total. The Bertz CT molecular complexity index is 1500. The monoisotopic (exact) mass is 524 g/mol. The summed E-state index contributed by atoms with van der Waals surface area (Å²) >= 11 is 0. The van der Waals surface area contributed by atoms with Crippen molar-refractivity contribution < 1.29 is 37.1 Å². The van der Waals surface area contributed by atoms with Gasteiger partial charge in [0.05, 0.1) is 35.5 Å². The maximum atomic E-state index is 13.9. The highest BCUT2D eigenvalue weighted by molar-refractivity contribution is 6.04. The van der Waals surface area contributed by atoms with Gasteiger partial charge in [0.15, 0.2) is 11.5 Å². The first-order valence-corrected chi connectivity index (χ1v) is 11.1. The van der Waals surface area contributed by atoms with Gasteiger partial charge in [0.25, 0.3) is 0 Å². The molecule has 0 aliphatic carbocycles. The van der Waals surface area contributed by atoms with Crippen molar-refractivity contribution in [2.75, 3.05) is 4.90 Å². The van der Waals surface area contributed by atoms with Gasteiger partial charge in [-0.1, -0.05) is 18.2 Å². The van der Waals surface area contributed by atoms with Crippen LogP contribution in [0.1, 0.15) is 53.0 Å². The van der Waals surface area contributed by atoms with E-state index < -0.39 is 47.8 Å². The van der Waals surface area contributed by atoms with Gasteiger partial charge in [-0.2, -0.15) is 18.4 Å². The molecule has 1 aliphatic heterocycles. The van der Waals surface area contributed by atoms with Crippen LogP contribution >= 0.6 is 0 Å². The third-order valence-electron chi connectivity index (χ3n) is 5.99. The topological polar surface area (TPSA) is 128 Å². The van der Waals surface area contributed by atoms with Gasteiger partial charge in [-0.15, -0.1) is 0 Å². The first kappa shape index (κ1) is 26.2. The highest BCUT2D eigenvalue weighted by atomic mass is 19.4. The van der Waals surface area contributed by atoms with E-state index in [4.69, 9.17) is 9.68 Å². The van der Waals surface area contributed by atoms with E-state index in [1.54, 1.807) is 12.1 Å². The predicted molar refractivity (Wildman–Crippen MR) is 126 cm³/mol. The lowest BCUT2D eigenvalue weighted by atomic mass is 9.90. The van der Waals surface area contributed by atoms with Gasteiger partial charge in [-0.05, 0) is 49.7 Å². The summed E-state index contributed by atoms with van der Waals surface area (Å²) in [6, 6.07) is 10.4. The van der Waals surface area contributed by atoms with E-state index in [1.807, 2.05) is 6.07 Å². The number of aromatic carboxylic acids is 1. The Labute approximate surface area is 214 Å². The largest absolute Gasteiger partial charge is 0.476 e. The van der Waals surface area contributed by atoms with Crippen molar-refractivity contribution in [3.05, 3.63) is 94.3 Å². The molecule has 0 saturated heterocycles. The van der Waals surface area contributed by atoms with Crippen LogP contribution in [0.5, 0.6) is 0 Å². The number of nitrogens with zero attached hydrogens (tertiary/aromatic N) is 4. The van der Waals surface area contributed by atoms with Gasteiger partial charge in [0, 0.05) is 11.3 Å². The second kappa shape index (κ2) is 9.85. The molecule has 0 saturated carbocycles. The molecule has 2 aromatic carbocycles. The molecule has 2 heterocycles. The van der Waals surface area contributed by atoms with Crippen molar-refractivity contribution in [3.8, 4) is 6.07 Å². The average molecular weight is 524 g/mol. The molecular formula is C26H19F3N4O5. The number of alkyl halides is 3. The molecule has 12 heteroatoms. The summed E-state index contributed by atoms with van der Waals surface area (Å²) in [5, 5.41) is 18.3. The van der Waals surface area contributed by atoms with Gasteiger partial charge >= 0.3 is 18.2 Å². The Balaban J connectivity index is 1.91. The van der Waals surface area contributed by atoms with Crippen molar-refractivity contribution in [1.29, 1.82) is 5.26 Å². The number of Topliss-reactive ketones (excluding diaryl/α,β-unsaturated/α-hetero) is 1. The van der Waals surface area contributed by atoms with Gasteiger partial charge < -0.3 is 14.4 Å². The number of oxazole rings is 1. The number of allylic oxidation sites excluding steroid dienone is 1. The maximum Gasteiger partial charge on any atom is 0.416 e. The smallest absolute Gasteiger partial charge is 0.416 e.